The van der Waals surface area contributed by atoms with E-state index < -0.39 is 12.0 Å². The quantitative estimate of drug-likeness (QED) is 0.0700. The number of ether oxygens (including phenoxy) is 1. The Labute approximate surface area is 314 Å². The molecule has 1 aromatic heterocycles. The largest absolute Gasteiger partial charge is 0.481 e. The zero-order valence-electron chi connectivity index (χ0n) is 31.5. The van der Waals surface area contributed by atoms with Gasteiger partial charge in [0.1, 0.15) is 11.6 Å². The lowest BCUT2D eigenvalue weighted by molar-refractivity contribution is -0.122. The summed E-state index contributed by atoms with van der Waals surface area (Å²) in [6.07, 6.45) is 18.1. The molecule has 0 aliphatic carbocycles. The smallest absolute Gasteiger partial charge is 0.273 e. The summed E-state index contributed by atoms with van der Waals surface area (Å²) < 4.78 is 7.46. The van der Waals surface area contributed by atoms with Gasteiger partial charge >= 0.3 is 0 Å². The van der Waals surface area contributed by atoms with E-state index in [4.69, 9.17) is 16.3 Å². The predicted molar refractivity (Wildman–Crippen MR) is 214 cm³/mol. The molecule has 52 heavy (non-hydrogen) atoms. The number of carbonyl (C=O) groups is 2. The molecule has 0 saturated carbocycles. The van der Waals surface area contributed by atoms with E-state index in [9.17, 15) is 14.4 Å². The maximum Gasteiger partial charge on any atom is 0.273 e. The molecule has 0 fully saturated rings. The fourth-order valence-electron chi connectivity index (χ4n) is 6.58. The zero-order valence-corrected chi connectivity index (χ0v) is 32.2. The van der Waals surface area contributed by atoms with E-state index in [0.717, 1.165) is 24.0 Å². The van der Waals surface area contributed by atoms with Crippen molar-refractivity contribution >= 4 is 34.9 Å². The van der Waals surface area contributed by atoms with Gasteiger partial charge in [-0.2, -0.15) is 0 Å². The van der Waals surface area contributed by atoms with Gasteiger partial charge in [-0.3, -0.25) is 19.5 Å². The molecule has 1 unspecified atom stereocenters. The van der Waals surface area contributed by atoms with Crippen LogP contribution in [-0.2, 0) is 11.2 Å². The molecule has 0 spiro atoms. The van der Waals surface area contributed by atoms with Crippen LogP contribution in [0.15, 0.2) is 71.5 Å². The number of carbonyl (C=O) groups excluding carboxylic acids is 2. The molecular weight excluding hydrogens is 672 g/mol. The standard InChI is InChI=1S/C43H57ClN4O4/c1-5-7-8-9-10-11-12-13-14-15-16-17-18-21-33-22-19-25-36(28-33)52-38(6-2)43(51)45-35-24-20-23-34(29-35)42(50)46-39-30-40(49)48(47-39)41-32(4)26-31(3)27-37(41)44/h19-20,22-30,38,47H,5-18,21H2,1-4H3,(H,45,51)(H,46,50). The highest BCUT2D eigenvalue weighted by molar-refractivity contribution is 6.32. The van der Waals surface area contributed by atoms with Gasteiger partial charge in [0.25, 0.3) is 17.4 Å². The minimum atomic E-state index is -0.703. The Morgan fingerprint density at radius 2 is 1.44 bits per heavy atom. The molecule has 4 rings (SSSR count). The third-order valence-electron chi connectivity index (χ3n) is 9.39. The molecular formula is C43H57ClN4O4. The second kappa shape index (κ2) is 21.3. The minimum absolute atomic E-state index is 0.219. The SMILES string of the molecule is CCCCCCCCCCCCCCCc1cccc(OC(CC)C(=O)Nc2cccc(C(=O)Nc3cc(=O)n(-c4c(C)cc(C)cc4Cl)[nH]3)c2)c1. The normalized spacial score (nSPS) is 11.7. The second-order valence-electron chi connectivity index (χ2n) is 13.9. The van der Waals surface area contributed by atoms with Gasteiger partial charge in [-0.05, 0) is 86.2 Å². The van der Waals surface area contributed by atoms with E-state index in [2.05, 4.69) is 28.7 Å². The lowest BCUT2D eigenvalue weighted by Crippen LogP contribution is -2.32. The van der Waals surface area contributed by atoms with E-state index in [0.29, 0.717) is 34.1 Å². The number of rotatable bonds is 22. The van der Waals surface area contributed by atoms with Crippen LogP contribution in [0, 0.1) is 13.8 Å². The number of nitrogens with one attached hydrogen (secondary N) is 3. The molecule has 4 aromatic rings. The highest BCUT2D eigenvalue weighted by Gasteiger charge is 2.20. The third-order valence-corrected chi connectivity index (χ3v) is 9.68. The molecule has 0 saturated heterocycles. The molecule has 0 bridgehead atoms. The van der Waals surface area contributed by atoms with E-state index in [-0.39, 0.29) is 17.3 Å². The Balaban J connectivity index is 1.22. The first-order chi connectivity index (χ1) is 25.2. The molecule has 8 nitrogen and oxygen atoms in total. The molecule has 0 aliphatic rings. The minimum Gasteiger partial charge on any atom is -0.481 e. The average molecular weight is 729 g/mol. The van der Waals surface area contributed by atoms with Gasteiger partial charge in [0.05, 0.1) is 10.7 Å². The zero-order chi connectivity index (χ0) is 37.3. The topological polar surface area (TPSA) is 105 Å². The molecule has 3 N–H and O–H groups in total. The average Bonchev–Trinajstić information content (AvgIpc) is 3.47. The molecule has 0 radical (unpaired) electrons. The lowest BCUT2D eigenvalue weighted by Gasteiger charge is -2.18. The number of aromatic amines is 1. The van der Waals surface area contributed by atoms with E-state index in [1.807, 2.05) is 45.0 Å². The number of H-pyrrole nitrogens is 1. The van der Waals surface area contributed by atoms with Crippen LogP contribution in [0.1, 0.15) is 131 Å². The van der Waals surface area contributed by atoms with Crippen molar-refractivity contribution in [2.75, 3.05) is 10.6 Å². The van der Waals surface area contributed by atoms with Crippen LogP contribution >= 0.6 is 11.6 Å². The number of aryl methyl sites for hydroxylation is 3. The monoisotopic (exact) mass is 728 g/mol. The predicted octanol–water partition coefficient (Wildman–Crippen LogP) is 11.1. The van der Waals surface area contributed by atoms with Crippen LogP contribution in [0.4, 0.5) is 11.5 Å². The Hall–Kier alpha value is -4.30. The van der Waals surface area contributed by atoms with Crippen molar-refractivity contribution in [2.24, 2.45) is 0 Å². The molecule has 2 amide bonds. The first-order valence-electron chi connectivity index (χ1n) is 19.3. The van der Waals surface area contributed by atoms with Crippen LogP contribution in [-0.4, -0.2) is 27.7 Å². The van der Waals surface area contributed by atoms with Crippen LogP contribution in [0.5, 0.6) is 5.75 Å². The molecule has 9 heteroatoms. The summed E-state index contributed by atoms with van der Waals surface area (Å²) in [5, 5.41) is 8.99. The maximum atomic E-state index is 13.3. The number of anilines is 2. The lowest BCUT2D eigenvalue weighted by atomic mass is 10.0. The highest BCUT2D eigenvalue weighted by Crippen LogP contribution is 2.25. The summed E-state index contributed by atoms with van der Waals surface area (Å²) >= 11 is 6.44. The molecule has 3 aromatic carbocycles. The fourth-order valence-corrected chi connectivity index (χ4v) is 6.99. The molecule has 0 aliphatic heterocycles. The number of amides is 2. The van der Waals surface area contributed by atoms with Crippen molar-refractivity contribution in [1.82, 2.24) is 9.78 Å². The van der Waals surface area contributed by atoms with E-state index in [1.54, 1.807) is 30.3 Å². The summed E-state index contributed by atoms with van der Waals surface area (Å²) in [6.45, 7) is 7.97. The van der Waals surface area contributed by atoms with Gasteiger partial charge in [0.15, 0.2) is 6.10 Å². The highest BCUT2D eigenvalue weighted by atomic mass is 35.5. The Kier molecular flexibility index (Phi) is 16.6. The summed E-state index contributed by atoms with van der Waals surface area (Å²) in [5.74, 6) is 0.148. The first-order valence-corrected chi connectivity index (χ1v) is 19.6. The third kappa shape index (κ3) is 12.7. The van der Waals surface area contributed by atoms with Gasteiger partial charge < -0.3 is 15.4 Å². The first kappa shape index (κ1) is 40.5. The number of nitrogens with zero attached hydrogens (tertiary/aromatic N) is 1. The van der Waals surface area contributed by atoms with Crippen molar-refractivity contribution in [2.45, 2.75) is 130 Å². The Bertz CT molecular complexity index is 1770. The van der Waals surface area contributed by atoms with Crippen molar-refractivity contribution < 1.29 is 14.3 Å². The number of benzene rings is 3. The van der Waals surface area contributed by atoms with Gasteiger partial charge in [-0.25, -0.2) is 4.68 Å². The summed E-state index contributed by atoms with van der Waals surface area (Å²) in [5.41, 5.74) is 3.95. The van der Waals surface area contributed by atoms with Crippen molar-refractivity contribution in [3.8, 4) is 11.4 Å². The number of unbranched alkanes of at least 4 members (excludes halogenated alkanes) is 12. The van der Waals surface area contributed by atoms with E-state index >= 15 is 0 Å². The van der Waals surface area contributed by atoms with Gasteiger partial charge in [0, 0.05) is 17.3 Å². The summed E-state index contributed by atoms with van der Waals surface area (Å²) in [6, 6.07) is 19.7. The molecule has 1 heterocycles. The van der Waals surface area contributed by atoms with Crippen LogP contribution in [0.2, 0.25) is 5.02 Å². The number of hydrogen-bond donors (Lipinski definition) is 3. The van der Waals surface area contributed by atoms with E-state index in [1.165, 1.54) is 93.4 Å². The van der Waals surface area contributed by atoms with Gasteiger partial charge in [-0.15, -0.1) is 0 Å². The van der Waals surface area contributed by atoms with Crippen molar-refractivity contribution in [1.29, 1.82) is 0 Å². The number of halogens is 1. The Morgan fingerprint density at radius 3 is 2.10 bits per heavy atom. The molecule has 1 atom stereocenters. The molecule has 280 valence electrons. The maximum absolute atomic E-state index is 13.3. The number of hydrogen-bond acceptors (Lipinski definition) is 4. The summed E-state index contributed by atoms with van der Waals surface area (Å²) in [7, 11) is 0. The number of aromatic nitrogens is 2. The van der Waals surface area contributed by atoms with Crippen LogP contribution < -0.4 is 20.9 Å². The van der Waals surface area contributed by atoms with Gasteiger partial charge in [0.2, 0.25) is 0 Å². The summed E-state index contributed by atoms with van der Waals surface area (Å²) in [4.78, 5) is 39.2. The fraction of sp³-hybridized carbons (Fsp3) is 0.465. The van der Waals surface area contributed by atoms with Crippen molar-refractivity contribution in [3.63, 3.8) is 0 Å². The van der Waals surface area contributed by atoms with Crippen LogP contribution in [0.3, 0.4) is 0 Å². The van der Waals surface area contributed by atoms with Crippen LogP contribution in [0.25, 0.3) is 5.69 Å². The van der Waals surface area contributed by atoms with Gasteiger partial charge in [-0.1, -0.05) is 127 Å². The van der Waals surface area contributed by atoms with Crippen molar-refractivity contribution in [3.05, 3.63) is 104 Å². The Morgan fingerprint density at radius 1 is 0.788 bits per heavy atom. The second-order valence-corrected chi connectivity index (χ2v) is 14.3.